The summed E-state index contributed by atoms with van der Waals surface area (Å²) in [6, 6.07) is 6.70. The smallest absolute Gasteiger partial charge is 0.250 e. The van der Waals surface area contributed by atoms with E-state index in [1.54, 1.807) is 24.3 Å². The number of carbonyl (C=O) groups is 1. The Bertz CT molecular complexity index is 728. The first-order chi connectivity index (χ1) is 10.5. The highest BCUT2D eigenvalue weighted by atomic mass is 35.5. The maximum Gasteiger partial charge on any atom is 0.250 e. The molecule has 0 spiro atoms. The molecule has 4 N–H and O–H groups in total. The number of benzene rings is 1. The first kappa shape index (κ1) is 14.6. The summed E-state index contributed by atoms with van der Waals surface area (Å²) in [6.07, 6.45) is 2.26. The van der Waals surface area contributed by atoms with E-state index >= 15 is 0 Å². The lowest BCUT2D eigenvalue weighted by Crippen LogP contribution is -2.21. The summed E-state index contributed by atoms with van der Waals surface area (Å²) in [5, 5.41) is 0.296. The van der Waals surface area contributed by atoms with Crippen LogP contribution in [0.1, 0.15) is 23.2 Å². The summed E-state index contributed by atoms with van der Waals surface area (Å²) >= 11 is 6.10. The molecule has 0 aliphatic carbocycles. The third kappa shape index (κ3) is 2.82. The third-order valence-electron chi connectivity index (χ3n) is 3.65. The molecule has 1 aromatic heterocycles. The predicted molar refractivity (Wildman–Crippen MR) is 86.9 cm³/mol. The fraction of sp³-hybridized carbons (Fsp3) is 0.267. The van der Waals surface area contributed by atoms with Gasteiger partial charge >= 0.3 is 0 Å². The number of aromatic nitrogens is 2. The Morgan fingerprint density at radius 3 is 2.55 bits per heavy atom. The van der Waals surface area contributed by atoms with Crippen molar-refractivity contribution in [1.82, 2.24) is 9.97 Å². The maximum absolute atomic E-state index is 11.2. The van der Waals surface area contributed by atoms with Crippen molar-refractivity contribution in [2.24, 2.45) is 5.73 Å². The van der Waals surface area contributed by atoms with Gasteiger partial charge in [0.05, 0.1) is 16.3 Å². The lowest BCUT2D eigenvalue weighted by molar-refractivity contribution is 0.100. The monoisotopic (exact) mass is 317 g/mol. The number of hydrogen-bond acceptors (Lipinski definition) is 5. The van der Waals surface area contributed by atoms with E-state index in [-0.39, 0.29) is 5.56 Å². The first-order valence-corrected chi connectivity index (χ1v) is 7.41. The standard InChI is InChI=1S/C15H16ClN5O/c16-11-7-9(3-4-10(11)14(18)22)12-8-13(17)20-15(19-12)21-5-1-2-6-21/h3-4,7-8H,1-2,5-6H2,(H2,18,22)(H2,17,19,20). The van der Waals surface area contributed by atoms with Gasteiger partial charge < -0.3 is 16.4 Å². The number of primary amides is 1. The fourth-order valence-electron chi connectivity index (χ4n) is 2.53. The number of nitrogens with zero attached hydrogens (tertiary/aromatic N) is 3. The summed E-state index contributed by atoms with van der Waals surface area (Å²) < 4.78 is 0. The van der Waals surface area contributed by atoms with E-state index in [0.717, 1.165) is 31.5 Å². The summed E-state index contributed by atoms with van der Waals surface area (Å²) in [5.74, 6) is 0.473. The molecular weight excluding hydrogens is 302 g/mol. The van der Waals surface area contributed by atoms with Gasteiger partial charge in [-0.05, 0) is 25.0 Å². The molecule has 1 amide bonds. The molecule has 6 nitrogen and oxygen atoms in total. The Balaban J connectivity index is 2.00. The van der Waals surface area contributed by atoms with Crippen LogP contribution in [0.4, 0.5) is 11.8 Å². The zero-order chi connectivity index (χ0) is 15.7. The molecule has 0 unspecified atom stereocenters. The van der Waals surface area contributed by atoms with E-state index in [1.807, 2.05) is 0 Å². The molecule has 1 aromatic carbocycles. The van der Waals surface area contributed by atoms with Gasteiger partial charge in [-0.3, -0.25) is 4.79 Å². The predicted octanol–water partition coefficient (Wildman–Crippen LogP) is 2.08. The molecule has 1 aliphatic rings. The molecule has 1 fully saturated rings. The van der Waals surface area contributed by atoms with Gasteiger partial charge in [0, 0.05) is 24.7 Å². The maximum atomic E-state index is 11.2. The second kappa shape index (κ2) is 5.81. The minimum atomic E-state index is -0.559. The van der Waals surface area contributed by atoms with Crippen LogP contribution in [0.2, 0.25) is 5.02 Å². The van der Waals surface area contributed by atoms with Gasteiger partial charge in [-0.2, -0.15) is 4.98 Å². The fourth-order valence-corrected chi connectivity index (χ4v) is 2.81. The van der Waals surface area contributed by atoms with Crippen LogP contribution >= 0.6 is 11.6 Å². The Kier molecular flexibility index (Phi) is 3.85. The highest BCUT2D eigenvalue weighted by molar-refractivity contribution is 6.34. The van der Waals surface area contributed by atoms with Crippen molar-refractivity contribution in [2.45, 2.75) is 12.8 Å². The molecule has 7 heteroatoms. The molecular formula is C15H16ClN5O. The number of nitrogen functional groups attached to an aromatic ring is 1. The molecule has 3 rings (SSSR count). The van der Waals surface area contributed by atoms with Gasteiger partial charge in [-0.25, -0.2) is 4.98 Å². The van der Waals surface area contributed by atoms with Crippen LogP contribution in [0, 0.1) is 0 Å². The molecule has 22 heavy (non-hydrogen) atoms. The van der Waals surface area contributed by atoms with Crippen LogP contribution < -0.4 is 16.4 Å². The van der Waals surface area contributed by atoms with Crippen molar-refractivity contribution in [3.63, 3.8) is 0 Å². The Morgan fingerprint density at radius 2 is 1.91 bits per heavy atom. The number of amides is 1. The first-order valence-electron chi connectivity index (χ1n) is 7.04. The molecule has 0 atom stereocenters. The quantitative estimate of drug-likeness (QED) is 0.903. The molecule has 2 aromatic rings. The normalized spacial score (nSPS) is 14.3. The van der Waals surface area contributed by atoms with Crippen LogP contribution in [-0.2, 0) is 0 Å². The van der Waals surface area contributed by atoms with Gasteiger partial charge in [-0.1, -0.05) is 17.7 Å². The average molecular weight is 318 g/mol. The third-order valence-corrected chi connectivity index (χ3v) is 3.97. The summed E-state index contributed by atoms with van der Waals surface area (Å²) in [4.78, 5) is 22.2. The van der Waals surface area contributed by atoms with E-state index in [0.29, 0.717) is 22.5 Å². The van der Waals surface area contributed by atoms with E-state index in [2.05, 4.69) is 14.9 Å². The topological polar surface area (TPSA) is 98.1 Å². The molecule has 1 aliphatic heterocycles. The highest BCUT2D eigenvalue weighted by Crippen LogP contribution is 2.27. The van der Waals surface area contributed by atoms with E-state index in [4.69, 9.17) is 23.1 Å². The van der Waals surface area contributed by atoms with Crippen LogP contribution in [0.3, 0.4) is 0 Å². The Morgan fingerprint density at radius 1 is 1.18 bits per heavy atom. The van der Waals surface area contributed by atoms with Gasteiger partial charge in [0.15, 0.2) is 0 Å². The molecule has 1 saturated heterocycles. The Hall–Kier alpha value is -2.34. The summed E-state index contributed by atoms with van der Waals surface area (Å²) in [7, 11) is 0. The highest BCUT2D eigenvalue weighted by Gasteiger charge is 2.17. The second-order valence-electron chi connectivity index (χ2n) is 5.23. The molecule has 2 heterocycles. The number of rotatable bonds is 3. The number of nitrogens with two attached hydrogens (primary N) is 2. The second-order valence-corrected chi connectivity index (χ2v) is 5.64. The summed E-state index contributed by atoms with van der Waals surface area (Å²) in [5.41, 5.74) is 12.9. The zero-order valence-corrected chi connectivity index (χ0v) is 12.7. The van der Waals surface area contributed by atoms with Crippen molar-refractivity contribution >= 4 is 29.3 Å². The average Bonchev–Trinajstić information content (AvgIpc) is 3.00. The van der Waals surface area contributed by atoms with Crippen molar-refractivity contribution in [3.8, 4) is 11.3 Å². The summed E-state index contributed by atoms with van der Waals surface area (Å²) in [6.45, 7) is 1.87. The number of anilines is 2. The lowest BCUT2D eigenvalue weighted by atomic mass is 10.1. The van der Waals surface area contributed by atoms with Crippen molar-refractivity contribution in [3.05, 3.63) is 34.9 Å². The Labute approximate surface area is 133 Å². The van der Waals surface area contributed by atoms with Gasteiger partial charge in [0.2, 0.25) is 11.9 Å². The SMILES string of the molecule is NC(=O)c1ccc(-c2cc(N)nc(N3CCCC3)n2)cc1Cl. The minimum Gasteiger partial charge on any atom is -0.384 e. The minimum absolute atomic E-state index is 0.284. The van der Waals surface area contributed by atoms with Crippen LogP contribution in [0.15, 0.2) is 24.3 Å². The van der Waals surface area contributed by atoms with Crippen molar-refractivity contribution < 1.29 is 4.79 Å². The van der Waals surface area contributed by atoms with Crippen molar-refractivity contribution in [1.29, 1.82) is 0 Å². The molecule has 0 bridgehead atoms. The molecule has 0 radical (unpaired) electrons. The lowest BCUT2D eigenvalue weighted by Gasteiger charge is -2.16. The molecule has 0 saturated carbocycles. The van der Waals surface area contributed by atoms with Crippen LogP contribution in [0.5, 0.6) is 0 Å². The number of hydrogen-bond donors (Lipinski definition) is 2. The van der Waals surface area contributed by atoms with Gasteiger partial charge in [0.25, 0.3) is 0 Å². The zero-order valence-electron chi connectivity index (χ0n) is 11.9. The van der Waals surface area contributed by atoms with Crippen molar-refractivity contribution in [2.75, 3.05) is 23.7 Å². The van der Waals surface area contributed by atoms with E-state index in [1.165, 1.54) is 0 Å². The van der Waals surface area contributed by atoms with Gasteiger partial charge in [-0.15, -0.1) is 0 Å². The van der Waals surface area contributed by atoms with E-state index < -0.39 is 5.91 Å². The van der Waals surface area contributed by atoms with Crippen LogP contribution in [0.25, 0.3) is 11.3 Å². The van der Waals surface area contributed by atoms with Gasteiger partial charge in [0.1, 0.15) is 5.82 Å². The molecule has 114 valence electrons. The number of halogens is 1. The largest absolute Gasteiger partial charge is 0.384 e. The van der Waals surface area contributed by atoms with Crippen LogP contribution in [-0.4, -0.2) is 29.0 Å². The number of carbonyl (C=O) groups excluding carboxylic acids is 1. The van der Waals surface area contributed by atoms with E-state index in [9.17, 15) is 4.79 Å².